The van der Waals surface area contributed by atoms with Gasteiger partial charge in [0.25, 0.3) is 5.56 Å². The highest BCUT2D eigenvalue weighted by atomic mass is 32.2. The van der Waals surface area contributed by atoms with Gasteiger partial charge in [-0.15, -0.1) is 0 Å². The van der Waals surface area contributed by atoms with Gasteiger partial charge in [-0.05, 0) is 51.0 Å². The zero-order chi connectivity index (χ0) is 20.3. The lowest BCUT2D eigenvalue weighted by molar-refractivity contribution is -0.113. The lowest BCUT2D eigenvalue weighted by Crippen LogP contribution is -2.26. The third kappa shape index (κ3) is 4.28. The number of para-hydroxylation sites is 1. The predicted molar refractivity (Wildman–Crippen MR) is 116 cm³/mol. The highest BCUT2D eigenvalue weighted by Gasteiger charge is 2.16. The highest BCUT2D eigenvalue weighted by molar-refractivity contribution is 7.99. The topological polar surface area (TPSA) is 64.0 Å². The summed E-state index contributed by atoms with van der Waals surface area (Å²) in [5, 5.41) is 4.13. The molecule has 0 saturated heterocycles. The van der Waals surface area contributed by atoms with Crippen LogP contribution in [0.4, 0.5) is 5.69 Å². The first-order valence-electron chi connectivity index (χ1n) is 9.42. The zero-order valence-electron chi connectivity index (χ0n) is 16.7. The molecule has 28 heavy (non-hydrogen) atoms. The van der Waals surface area contributed by atoms with E-state index in [4.69, 9.17) is 0 Å². The SMILES string of the molecule is CC[C@@H](C)n1c(SCC(=O)Nc2ccc(C)cc2C)nc2ccccc2c1=O. The summed E-state index contributed by atoms with van der Waals surface area (Å²) < 4.78 is 1.71. The maximum Gasteiger partial charge on any atom is 0.262 e. The van der Waals surface area contributed by atoms with Crippen LogP contribution >= 0.6 is 11.8 Å². The molecule has 2 aromatic carbocycles. The summed E-state index contributed by atoms with van der Waals surface area (Å²) in [6.45, 7) is 8.03. The van der Waals surface area contributed by atoms with Crippen LogP contribution in [0, 0.1) is 13.8 Å². The molecule has 1 amide bonds. The van der Waals surface area contributed by atoms with Gasteiger partial charge in [-0.1, -0.05) is 48.5 Å². The first-order chi connectivity index (χ1) is 13.4. The van der Waals surface area contributed by atoms with Gasteiger partial charge < -0.3 is 5.32 Å². The number of carbonyl (C=O) groups is 1. The first-order valence-corrected chi connectivity index (χ1v) is 10.4. The van der Waals surface area contributed by atoms with Gasteiger partial charge in [0, 0.05) is 11.7 Å². The quantitative estimate of drug-likeness (QED) is 0.485. The van der Waals surface area contributed by atoms with E-state index in [-0.39, 0.29) is 23.3 Å². The van der Waals surface area contributed by atoms with E-state index >= 15 is 0 Å². The summed E-state index contributed by atoms with van der Waals surface area (Å²) in [5.41, 5.74) is 3.59. The van der Waals surface area contributed by atoms with Crippen LogP contribution in [0.5, 0.6) is 0 Å². The zero-order valence-corrected chi connectivity index (χ0v) is 17.5. The third-order valence-corrected chi connectivity index (χ3v) is 5.75. The van der Waals surface area contributed by atoms with E-state index in [1.807, 2.05) is 64.1 Å². The Labute approximate surface area is 169 Å². The summed E-state index contributed by atoms with van der Waals surface area (Å²) in [4.78, 5) is 30.1. The molecule has 0 aliphatic rings. The molecule has 0 spiro atoms. The summed E-state index contributed by atoms with van der Waals surface area (Å²) in [6, 6.07) is 13.3. The average Bonchev–Trinajstić information content (AvgIpc) is 2.68. The van der Waals surface area contributed by atoms with Gasteiger partial charge in [-0.2, -0.15) is 0 Å². The molecule has 0 bridgehead atoms. The number of aryl methyl sites for hydroxylation is 2. The highest BCUT2D eigenvalue weighted by Crippen LogP contribution is 2.23. The molecular formula is C22H25N3O2S. The Balaban J connectivity index is 1.85. The van der Waals surface area contributed by atoms with Crippen molar-refractivity contribution < 1.29 is 4.79 Å². The number of rotatable bonds is 6. The number of hydrogen-bond acceptors (Lipinski definition) is 4. The molecule has 0 unspecified atom stereocenters. The number of thioether (sulfide) groups is 1. The van der Waals surface area contributed by atoms with E-state index < -0.39 is 0 Å². The molecule has 1 heterocycles. The second kappa shape index (κ2) is 8.61. The van der Waals surface area contributed by atoms with Gasteiger partial charge in [0.1, 0.15) is 0 Å². The third-order valence-electron chi connectivity index (χ3n) is 4.80. The van der Waals surface area contributed by atoms with Gasteiger partial charge >= 0.3 is 0 Å². The first kappa shape index (κ1) is 20.1. The molecule has 0 fully saturated rings. The molecule has 1 aromatic heterocycles. The van der Waals surface area contributed by atoms with E-state index in [1.165, 1.54) is 11.8 Å². The molecule has 3 aromatic rings. The number of hydrogen-bond donors (Lipinski definition) is 1. The van der Waals surface area contributed by atoms with Crippen LogP contribution in [-0.2, 0) is 4.79 Å². The molecule has 0 aliphatic heterocycles. The molecule has 0 saturated carbocycles. The Kier molecular flexibility index (Phi) is 6.19. The standard InChI is InChI=1S/C22H25N3O2S/c1-5-16(4)25-21(27)17-8-6-7-9-19(17)24-22(25)28-13-20(26)23-18-11-10-14(2)12-15(18)3/h6-12,16H,5,13H2,1-4H3,(H,23,26)/t16-/m1/s1. The van der Waals surface area contributed by atoms with Gasteiger partial charge in [-0.25, -0.2) is 4.98 Å². The molecule has 146 valence electrons. The van der Waals surface area contributed by atoms with Crippen molar-refractivity contribution >= 4 is 34.3 Å². The minimum atomic E-state index is -0.116. The number of amides is 1. The normalized spacial score (nSPS) is 12.1. The number of fused-ring (bicyclic) bond motifs is 1. The number of aromatic nitrogens is 2. The minimum Gasteiger partial charge on any atom is -0.325 e. The predicted octanol–water partition coefficient (Wildman–Crippen LogP) is 4.72. The van der Waals surface area contributed by atoms with E-state index in [2.05, 4.69) is 10.3 Å². The summed E-state index contributed by atoms with van der Waals surface area (Å²) in [5.74, 6) is 0.0733. The molecular weight excluding hydrogens is 370 g/mol. The maximum absolute atomic E-state index is 13.0. The van der Waals surface area contributed by atoms with E-state index in [9.17, 15) is 9.59 Å². The maximum atomic E-state index is 13.0. The van der Waals surface area contributed by atoms with Crippen LogP contribution in [0.2, 0.25) is 0 Å². The van der Waals surface area contributed by atoms with Crippen LogP contribution in [0.25, 0.3) is 10.9 Å². The largest absolute Gasteiger partial charge is 0.325 e. The fourth-order valence-electron chi connectivity index (χ4n) is 3.07. The minimum absolute atomic E-state index is 0.00881. The number of nitrogens with one attached hydrogen (secondary N) is 1. The van der Waals surface area contributed by atoms with E-state index in [0.717, 1.165) is 23.2 Å². The van der Waals surface area contributed by atoms with Crippen molar-refractivity contribution in [3.63, 3.8) is 0 Å². The van der Waals surface area contributed by atoms with Crippen molar-refractivity contribution in [2.45, 2.75) is 45.3 Å². The van der Waals surface area contributed by atoms with Gasteiger partial charge in [0.15, 0.2) is 5.16 Å². The van der Waals surface area contributed by atoms with Gasteiger partial charge in [0.2, 0.25) is 5.91 Å². The molecule has 3 rings (SSSR count). The smallest absolute Gasteiger partial charge is 0.262 e. The van der Waals surface area contributed by atoms with Crippen molar-refractivity contribution in [1.29, 1.82) is 0 Å². The van der Waals surface area contributed by atoms with Crippen molar-refractivity contribution in [3.8, 4) is 0 Å². The molecule has 1 atom stereocenters. The Bertz CT molecular complexity index is 1080. The Morgan fingerprint density at radius 2 is 1.96 bits per heavy atom. The van der Waals surface area contributed by atoms with Crippen LogP contribution in [0.15, 0.2) is 52.4 Å². The Morgan fingerprint density at radius 3 is 2.68 bits per heavy atom. The lowest BCUT2D eigenvalue weighted by atomic mass is 10.1. The van der Waals surface area contributed by atoms with Crippen molar-refractivity contribution in [1.82, 2.24) is 9.55 Å². The van der Waals surface area contributed by atoms with Crippen LogP contribution < -0.4 is 10.9 Å². The number of benzene rings is 2. The van der Waals surface area contributed by atoms with Crippen molar-refractivity contribution in [2.75, 3.05) is 11.1 Å². The number of nitrogens with zero attached hydrogens (tertiary/aromatic N) is 2. The lowest BCUT2D eigenvalue weighted by Gasteiger charge is -2.18. The van der Waals surface area contributed by atoms with Gasteiger partial charge in [-0.3, -0.25) is 14.2 Å². The average molecular weight is 396 g/mol. The van der Waals surface area contributed by atoms with Crippen LogP contribution in [-0.4, -0.2) is 21.2 Å². The molecule has 6 heteroatoms. The molecule has 0 radical (unpaired) electrons. The Morgan fingerprint density at radius 1 is 1.21 bits per heavy atom. The Hall–Kier alpha value is -2.60. The summed E-state index contributed by atoms with van der Waals surface area (Å²) in [6.07, 6.45) is 0.808. The summed E-state index contributed by atoms with van der Waals surface area (Å²) >= 11 is 1.30. The molecule has 5 nitrogen and oxygen atoms in total. The second-order valence-electron chi connectivity index (χ2n) is 7.00. The van der Waals surface area contributed by atoms with E-state index in [0.29, 0.717) is 16.1 Å². The van der Waals surface area contributed by atoms with Crippen LogP contribution in [0.3, 0.4) is 0 Å². The number of anilines is 1. The van der Waals surface area contributed by atoms with Crippen LogP contribution in [0.1, 0.15) is 37.4 Å². The number of carbonyl (C=O) groups excluding carboxylic acids is 1. The summed E-state index contributed by atoms with van der Waals surface area (Å²) in [7, 11) is 0. The fourth-order valence-corrected chi connectivity index (χ4v) is 3.97. The van der Waals surface area contributed by atoms with Gasteiger partial charge in [0.05, 0.1) is 16.7 Å². The second-order valence-corrected chi connectivity index (χ2v) is 7.94. The van der Waals surface area contributed by atoms with Crippen molar-refractivity contribution in [3.05, 3.63) is 63.9 Å². The van der Waals surface area contributed by atoms with E-state index in [1.54, 1.807) is 10.6 Å². The fraction of sp³-hybridized carbons (Fsp3) is 0.318. The molecule has 1 N–H and O–H groups in total. The monoisotopic (exact) mass is 395 g/mol. The molecule has 0 aliphatic carbocycles. The van der Waals surface area contributed by atoms with Crippen molar-refractivity contribution in [2.24, 2.45) is 0 Å².